The number of rotatable bonds is 5. The highest BCUT2D eigenvalue weighted by atomic mass is 32.2. The Hall–Kier alpha value is -1.20. The third kappa shape index (κ3) is 5.74. The number of carbonyl (C=O) groups is 1. The molecule has 5 heteroatoms. The van der Waals surface area contributed by atoms with E-state index in [1.165, 1.54) is 0 Å². The minimum atomic E-state index is -0.387. The molecule has 0 bridgehead atoms. The summed E-state index contributed by atoms with van der Waals surface area (Å²) in [6.45, 7) is 8.27. The summed E-state index contributed by atoms with van der Waals surface area (Å²) in [5.74, 6) is 1.11. The van der Waals surface area contributed by atoms with E-state index in [2.05, 4.69) is 31.3 Å². The monoisotopic (exact) mass is 336 g/mol. The highest BCUT2D eigenvalue weighted by Crippen LogP contribution is 2.29. The van der Waals surface area contributed by atoms with Gasteiger partial charge in [0.15, 0.2) is 0 Å². The van der Waals surface area contributed by atoms with Crippen LogP contribution in [0.25, 0.3) is 0 Å². The van der Waals surface area contributed by atoms with Crippen LogP contribution in [0.1, 0.15) is 38.7 Å². The van der Waals surface area contributed by atoms with E-state index in [4.69, 9.17) is 0 Å². The Morgan fingerprint density at radius 1 is 1.39 bits per heavy atom. The van der Waals surface area contributed by atoms with Gasteiger partial charge in [-0.2, -0.15) is 11.8 Å². The summed E-state index contributed by atoms with van der Waals surface area (Å²) < 4.78 is 0.119. The summed E-state index contributed by atoms with van der Waals surface area (Å²) in [7, 11) is 0. The van der Waals surface area contributed by atoms with Crippen molar-refractivity contribution in [1.82, 2.24) is 10.2 Å². The number of hydrogen-bond acceptors (Lipinski definition) is 3. The molecule has 1 aromatic carbocycles. The molecule has 0 spiro atoms. The fourth-order valence-electron chi connectivity index (χ4n) is 2.99. The molecule has 2 rings (SSSR count). The molecule has 0 radical (unpaired) electrons. The van der Waals surface area contributed by atoms with E-state index in [1.807, 2.05) is 34.9 Å². The number of urea groups is 1. The number of aliphatic hydroxyl groups is 1. The highest BCUT2D eigenvalue weighted by Gasteiger charge is 2.30. The molecule has 1 aliphatic rings. The van der Waals surface area contributed by atoms with Crippen LogP contribution in [0.3, 0.4) is 0 Å². The molecule has 1 aliphatic heterocycles. The first kappa shape index (κ1) is 18.1. The maximum absolute atomic E-state index is 12.5. The summed E-state index contributed by atoms with van der Waals surface area (Å²) in [6.07, 6.45) is 0.258. The van der Waals surface area contributed by atoms with Gasteiger partial charge in [-0.3, -0.25) is 0 Å². The number of hydrogen-bond donors (Lipinski definition) is 2. The van der Waals surface area contributed by atoms with Crippen molar-refractivity contribution in [2.45, 2.75) is 44.0 Å². The fraction of sp³-hybridized carbons (Fsp3) is 0.611. The van der Waals surface area contributed by atoms with Crippen molar-refractivity contribution in [3.63, 3.8) is 0 Å². The lowest BCUT2D eigenvalue weighted by Gasteiger charge is -2.37. The van der Waals surface area contributed by atoms with Gasteiger partial charge in [-0.15, -0.1) is 0 Å². The molecular weight excluding hydrogens is 308 g/mol. The molecule has 128 valence electrons. The molecule has 0 aliphatic carbocycles. The fourth-order valence-corrected chi connectivity index (χ4v) is 4.10. The molecule has 2 N–H and O–H groups in total. The second-order valence-corrected chi connectivity index (χ2v) is 8.71. The largest absolute Gasteiger partial charge is 0.393 e. The number of carbonyl (C=O) groups excluding carboxylic acids is 1. The Labute approximate surface area is 143 Å². The molecule has 1 heterocycles. The molecule has 4 nitrogen and oxygen atoms in total. The van der Waals surface area contributed by atoms with Crippen molar-refractivity contribution in [1.29, 1.82) is 0 Å². The smallest absolute Gasteiger partial charge is 0.317 e. The number of aliphatic hydroxyl groups excluding tert-OH is 1. The number of nitrogens with one attached hydrogen (secondary N) is 1. The molecule has 0 aromatic heterocycles. The summed E-state index contributed by atoms with van der Waals surface area (Å²) in [5, 5.41) is 12.8. The number of thioether (sulfide) groups is 1. The van der Waals surface area contributed by atoms with Crippen molar-refractivity contribution < 1.29 is 9.90 Å². The first-order valence-corrected chi connectivity index (χ1v) is 9.26. The SMILES string of the molecule is C[C@@H](O)C[C@H](CNC(=O)N1CCSC(C)(C)C1)c1ccccc1. The Bertz CT molecular complexity index is 505. The molecule has 1 aromatic rings. The lowest BCUT2D eigenvalue weighted by molar-refractivity contribution is 0.170. The van der Waals surface area contributed by atoms with Crippen LogP contribution < -0.4 is 5.32 Å². The van der Waals surface area contributed by atoms with Gasteiger partial charge < -0.3 is 15.3 Å². The zero-order valence-electron chi connectivity index (χ0n) is 14.3. The minimum Gasteiger partial charge on any atom is -0.393 e. The summed E-state index contributed by atoms with van der Waals surface area (Å²) in [5.41, 5.74) is 1.16. The average molecular weight is 337 g/mol. The summed E-state index contributed by atoms with van der Waals surface area (Å²) >= 11 is 1.92. The van der Waals surface area contributed by atoms with E-state index in [0.29, 0.717) is 13.0 Å². The van der Waals surface area contributed by atoms with Gasteiger partial charge in [0.1, 0.15) is 0 Å². The van der Waals surface area contributed by atoms with Gasteiger partial charge in [0.2, 0.25) is 0 Å². The number of amides is 2. The maximum atomic E-state index is 12.5. The van der Waals surface area contributed by atoms with Gasteiger partial charge in [-0.25, -0.2) is 4.79 Å². The maximum Gasteiger partial charge on any atom is 0.317 e. The van der Waals surface area contributed by atoms with Crippen LogP contribution in [0.15, 0.2) is 30.3 Å². The minimum absolute atomic E-state index is 0.00454. The predicted octanol–water partition coefficient (Wildman–Crippen LogP) is 3.08. The number of benzene rings is 1. The molecule has 0 unspecified atom stereocenters. The lowest BCUT2D eigenvalue weighted by Crippen LogP contribution is -2.50. The third-order valence-electron chi connectivity index (χ3n) is 4.11. The number of nitrogens with zero attached hydrogens (tertiary/aromatic N) is 1. The zero-order chi connectivity index (χ0) is 16.9. The summed E-state index contributed by atoms with van der Waals surface area (Å²) in [4.78, 5) is 14.4. The van der Waals surface area contributed by atoms with Gasteiger partial charge in [0.05, 0.1) is 6.10 Å². The Morgan fingerprint density at radius 3 is 2.70 bits per heavy atom. The molecule has 1 fully saturated rings. The second kappa shape index (κ2) is 8.06. The van der Waals surface area contributed by atoms with E-state index in [0.717, 1.165) is 24.4 Å². The molecule has 2 amide bonds. The highest BCUT2D eigenvalue weighted by molar-refractivity contribution is 8.00. The van der Waals surface area contributed by atoms with Crippen LogP contribution >= 0.6 is 11.8 Å². The molecule has 2 atom stereocenters. The van der Waals surface area contributed by atoms with Crippen LogP contribution in [0.5, 0.6) is 0 Å². The first-order chi connectivity index (χ1) is 10.9. The van der Waals surface area contributed by atoms with Gasteiger partial charge in [-0.05, 0) is 32.8 Å². The quantitative estimate of drug-likeness (QED) is 0.869. The van der Waals surface area contributed by atoms with Crippen LogP contribution in [0, 0.1) is 0 Å². The van der Waals surface area contributed by atoms with Crippen LogP contribution in [0.4, 0.5) is 4.79 Å². The van der Waals surface area contributed by atoms with Gasteiger partial charge in [0, 0.05) is 36.1 Å². The van der Waals surface area contributed by atoms with Crippen molar-refractivity contribution in [2.75, 3.05) is 25.4 Å². The normalized spacial score (nSPS) is 19.9. The Morgan fingerprint density at radius 2 is 2.09 bits per heavy atom. The second-order valence-electron chi connectivity index (χ2n) is 6.91. The average Bonchev–Trinajstić information content (AvgIpc) is 2.50. The summed E-state index contributed by atoms with van der Waals surface area (Å²) in [6, 6.07) is 10.1. The third-order valence-corrected chi connectivity index (χ3v) is 5.41. The van der Waals surface area contributed by atoms with Gasteiger partial charge >= 0.3 is 6.03 Å². The Balaban J connectivity index is 1.94. The molecule has 23 heavy (non-hydrogen) atoms. The van der Waals surface area contributed by atoms with Crippen molar-refractivity contribution in [3.05, 3.63) is 35.9 Å². The van der Waals surface area contributed by atoms with Crippen LogP contribution in [-0.2, 0) is 0 Å². The van der Waals surface area contributed by atoms with Crippen LogP contribution in [0.2, 0.25) is 0 Å². The predicted molar refractivity (Wildman–Crippen MR) is 97.0 cm³/mol. The van der Waals surface area contributed by atoms with Gasteiger partial charge in [-0.1, -0.05) is 30.3 Å². The van der Waals surface area contributed by atoms with Gasteiger partial charge in [0.25, 0.3) is 0 Å². The van der Waals surface area contributed by atoms with E-state index >= 15 is 0 Å². The molecule has 1 saturated heterocycles. The van der Waals surface area contributed by atoms with Crippen molar-refractivity contribution in [3.8, 4) is 0 Å². The topological polar surface area (TPSA) is 52.6 Å². The Kier molecular flexibility index (Phi) is 6.36. The molecular formula is C18H28N2O2S. The van der Waals surface area contributed by atoms with Crippen molar-refractivity contribution >= 4 is 17.8 Å². The van der Waals surface area contributed by atoms with Crippen LogP contribution in [-0.4, -0.2) is 52.3 Å². The molecule has 0 saturated carbocycles. The standard InChI is InChI=1S/C18H28N2O2S/c1-14(21)11-16(15-7-5-4-6-8-15)12-19-17(22)20-9-10-23-18(2,3)13-20/h4-8,14,16,21H,9-13H2,1-3H3,(H,19,22)/t14-,16-/m1/s1. The lowest BCUT2D eigenvalue weighted by atomic mass is 9.93. The van der Waals surface area contributed by atoms with Crippen molar-refractivity contribution in [2.24, 2.45) is 0 Å². The zero-order valence-corrected chi connectivity index (χ0v) is 15.1. The van der Waals surface area contributed by atoms with E-state index in [9.17, 15) is 9.90 Å². The van der Waals surface area contributed by atoms with E-state index in [-0.39, 0.29) is 22.8 Å². The van der Waals surface area contributed by atoms with E-state index < -0.39 is 0 Å². The first-order valence-electron chi connectivity index (χ1n) is 8.27. The van der Waals surface area contributed by atoms with E-state index in [1.54, 1.807) is 6.92 Å².